The van der Waals surface area contributed by atoms with Gasteiger partial charge in [-0.15, -0.1) is 0 Å². The quantitative estimate of drug-likeness (QED) is 0.665. The van der Waals surface area contributed by atoms with Gasteiger partial charge in [-0.05, 0) is 44.5 Å². The molecule has 31 heavy (non-hydrogen) atoms. The fraction of sp³-hybridized carbons (Fsp3) is 0.333. The molecular formula is C21H22F3N5O2. The molecule has 2 heterocycles. The van der Waals surface area contributed by atoms with E-state index < -0.39 is 12.1 Å². The number of rotatable bonds is 5. The number of carbonyl (C=O) groups is 2. The highest BCUT2D eigenvalue weighted by molar-refractivity contribution is 6.12. The third kappa shape index (κ3) is 4.68. The highest BCUT2D eigenvalue weighted by Gasteiger charge is 2.41. The molecule has 0 bridgehead atoms. The molecule has 3 rings (SSSR count). The largest absolute Gasteiger partial charge is 0.471 e. The predicted octanol–water partition coefficient (Wildman–Crippen LogP) is 3.75. The maximum atomic E-state index is 13.0. The van der Waals surface area contributed by atoms with Gasteiger partial charge in [0.2, 0.25) is 0 Å². The Balaban J connectivity index is 1.86. The second-order valence-corrected chi connectivity index (χ2v) is 7.19. The molecule has 0 unspecified atom stereocenters. The summed E-state index contributed by atoms with van der Waals surface area (Å²) in [7, 11) is 1.74. The second-order valence-electron chi connectivity index (χ2n) is 7.19. The summed E-state index contributed by atoms with van der Waals surface area (Å²) in [6.45, 7) is 4.72. The summed E-state index contributed by atoms with van der Waals surface area (Å²) in [5, 5.41) is 7.73. The average Bonchev–Trinajstić information content (AvgIpc) is 2.98. The molecule has 0 aliphatic carbocycles. The Morgan fingerprint density at radius 2 is 1.90 bits per heavy atom. The number of aryl methyl sites for hydroxylation is 3. The zero-order valence-electron chi connectivity index (χ0n) is 17.5. The lowest BCUT2D eigenvalue weighted by atomic mass is 10.1. The van der Waals surface area contributed by atoms with E-state index in [4.69, 9.17) is 0 Å². The number of amides is 2. The van der Waals surface area contributed by atoms with Gasteiger partial charge in [0.05, 0.1) is 16.6 Å². The minimum atomic E-state index is -4.94. The number of carbonyl (C=O) groups excluding carboxylic acids is 2. The van der Waals surface area contributed by atoms with Crippen molar-refractivity contribution in [3.05, 3.63) is 52.8 Å². The van der Waals surface area contributed by atoms with Crippen LogP contribution in [0.1, 0.15) is 34.2 Å². The minimum Gasteiger partial charge on any atom is -0.331 e. The van der Waals surface area contributed by atoms with Gasteiger partial charge in [0.15, 0.2) is 5.65 Å². The Hall–Kier alpha value is -3.43. The predicted molar refractivity (Wildman–Crippen MR) is 110 cm³/mol. The van der Waals surface area contributed by atoms with Gasteiger partial charge >= 0.3 is 12.1 Å². The van der Waals surface area contributed by atoms with Crippen LogP contribution in [0.4, 0.5) is 18.9 Å². The van der Waals surface area contributed by atoms with Crippen molar-refractivity contribution in [2.75, 3.05) is 11.9 Å². The molecule has 1 N–H and O–H groups in total. The number of aromatic nitrogens is 3. The highest BCUT2D eigenvalue weighted by atomic mass is 19.4. The normalized spacial score (nSPS) is 11.6. The molecule has 0 fully saturated rings. The number of hydrogen-bond donors (Lipinski definition) is 1. The van der Waals surface area contributed by atoms with Crippen LogP contribution < -0.4 is 5.32 Å². The number of benzene rings is 1. The van der Waals surface area contributed by atoms with Crippen molar-refractivity contribution in [3.8, 4) is 0 Å². The first-order valence-corrected chi connectivity index (χ1v) is 9.58. The summed E-state index contributed by atoms with van der Waals surface area (Å²) < 4.78 is 39.9. The Labute approximate surface area is 176 Å². The summed E-state index contributed by atoms with van der Waals surface area (Å²) in [5.74, 6) is -2.28. The molecule has 164 valence electrons. The van der Waals surface area contributed by atoms with Crippen molar-refractivity contribution in [2.45, 2.75) is 33.5 Å². The summed E-state index contributed by atoms with van der Waals surface area (Å²) in [5.41, 5.74) is 3.17. The van der Waals surface area contributed by atoms with Crippen LogP contribution in [0.25, 0.3) is 11.0 Å². The first-order chi connectivity index (χ1) is 14.5. The van der Waals surface area contributed by atoms with Gasteiger partial charge in [-0.1, -0.05) is 12.1 Å². The maximum absolute atomic E-state index is 13.0. The van der Waals surface area contributed by atoms with Crippen LogP contribution >= 0.6 is 0 Å². The van der Waals surface area contributed by atoms with E-state index in [-0.39, 0.29) is 19.0 Å². The number of nitrogens with one attached hydrogen (secondary N) is 1. The zero-order valence-corrected chi connectivity index (χ0v) is 17.5. The number of nitrogens with zero attached hydrogens (tertiary/aromatic N) is 4. The van der Waals surface area contributed by atoms with Crippen LogP contribution in [0.3, 0.4) is 0 Å². The SMILES string of the molecule is CCN(Cc1cccc(NC(=O)c2cc(C)nc3c2c(C)nn3C)c1)C(=O)C(F)(F)F. The first-order valence-electron chi connectivity index (χ1n) is 9.58. The molecule has 0 aliphatic rings. The summed E-state index contributed by atoms with van der Waals surface area (Å²) >= 11 is 0. The minimum absolute atomic E-state index is 0.0938. The number of pyridine rings is 1. The molecule has 2 aromatic heterocycles. The number of alkyl halides is 3. The Kier molecular flexibility index (Phi) is 6.01. The Bertz CT molecular complexity index is 1150. The topological polar surface area (TPSA) is 80.1 Å². The van der Waals surface area contributed by atoms with Crippen LogP contribution in [0.15, 0.2) is 30.3 Å². The summed E-state index contributed by atoms with van der Waals surface area (Å²) in [6, 6.07) is 8.05. The van der Waals surface area contributed by atoms with Gasteiger partial charge in [-0.3, -0.25) is 14.3 Å². The van der Waals surface area contributed by atoms with E-state index in [2.05, 4.69) is 15.4 Å². The van der Waals surface area contributed by atoms with Crippen LogP contribution in [-0.2, 0) is 18.4 Å². The molecule has 2 amide bonds. The van der Waals surface area contributed by atoms with Crippen LogP contribution in [-0.4, -0.2) is 44.2 Å². The smallest absolute Gasteiger partial charge is 0.331 e. The lowest BCUT2D eigenvalue weighted by molar-refractivity contribution is -0.185. The molecule has 0 spiro atoms. The molecule has 0 saturated heterocycles. The molecule has 0 atom stereocenters. The first kappa shape index (κ1) is 22.3. The number of halogens is 3. The van der Waals surface area contributed by atoms with E-state index in [0.717, 1.165) is 0 Å². The van der Waals surface area contributed by atoms with E-state index in [1.165, 1.54) is 6.92 Å². The van der Waals surface area contributed by atoms with Gasteiger partial charge in [0, 0.05) is 31.5 Å². The van der Waals surface area contributed by atoms with Crippen molar-refractivity contribution in [1.82, 2.24) is 19.7 Å². The van der Waals surface area contributed by atoms with Gasteiger partial charge < -0.3 is 10.2 Å². The van der Waals surface area contributed by atoms with Crippen molar-refractivity contribution in [2.24, 2.45) is 7.05 Å². The van der Waals surface area contributed by atoms with Crippen molar-refractivity contribution >= 4 is 28.5 Å². The standard InChI is InChI=1S/C21H22F3N5O2/c1-5-29(20(31)21(22,23)24)11-14-7-6-8-15(10-14)26-19(30)16-9-12(2)25-18-17(16)13(3)27-28(18)4/h6-10H,5,11H2,1-4H3,(H,26,30). The van der Waals surface area contributed by atoms with Crippen LogP contribution in [0, 0.1) is 13.8 Å². The van der Waals surface area contributed by atoms with E-state index in [9.17, 15) is 22.8 Å². The van der Waals surface area contributed by atoms with Gasteiger partial charge in [0.25, 0.3) is 5.91 Å². The third-order valence-corrected chi connectivity index (χ3v) is 4.81. The number of fused-ring (bicyclic) bond motifs is 1. The maximum Gasteiger partial charge on any atom is 0.471 e. The average molecular weight is 433 g/mol. The van der Waals surface area contributed by atoms with E-state index in [1.54, 1.807) is 55.9 Å². The lowest BCUT2D eigenvalue weighted by Gasteiger charge is -2.22. The fourth-order valence-electron chi connectivity index (χ4n) is 3.42. The van der Waals surface area contributed by atoms with Crippen LogP contribution in [0.2, 0.25) is 0 Å². The van der Waals surface area contributed by atoms with Crippen molar-refractivity contribution < 1.29 is 22.8 Å². The lowest BCUT2D eigenvalue weighted by Crippen LogP contribution is -2.40. The van der Waals surface area contributed by atoms with Crippen LogP contribution in [0.5, 0.6) is 0 Å². The fourth-order valence-corrected chi connectivity index (χ4v) is 3.42. The van der Waals surface area contributed by atoms with Crippen molar-refractivity contribution in [3.63, 3.8) is 0 Å². The molecule has 0 saturated carbocycles. The molecule has 0 radical (unpaired) electrons. The number of anilines is 1. The highest BCUT2D eigenvalue weighted by Crippen LogP contribution is 2.24. The number of hydrogen-bond acceptors (Lipinski definition) is 4. The summed E-state index contributed by atoms with van der Waals surface area (Å²) in [6.07, 6.45) is -4.94. The zero-order chi connectivity index (χ0) is 22.9. The molecule has 1 aromatic carbocycles. The molecule has 10 heteroatoms. The van der Waals surface area contributed by atoms with E-state index in [0.29, 0.717) is 44.1 Å². The molecular weight excluding hydrogens is 411 g/mol. The second kappa shape index (κ2) is 8.37. The monoisotopic (exact) mass is 433 g/mol. The molecule has 7 nitrogen and oxygen atoms in total. The summed E-state index contributed by atoms with van der Waals surface area (Å²) in [4.78, 5) is 29.7. The van der Waals surface area contributed by atoms with E-state index >= 15 is 0 Å². The van der Waals surface area contributed by atoms with Gasteiger partial charge in [-0.25, -0.2) is 4.98 Å². The van der Waals surface area contributed by atoms with Crippen molar-refractivity contribution in [1.29, 1.82) is 0 Å². The Morgan fingerprint density at radius 1 is 1.19 bits per heavy atom. The molecule has 0 aliphatic heterocycles. The van der Waals surface area contributed by atoms with E-state index in [1.807, 2.05) is 0 Å². The third-order valence-electron chi connectivity index (χ3n) is 4.81. The Morgan fingerprint density at radius 3 is 2.55 bits per heavy atom. The molecule has 3 aromatic rings. The van der Waals surface area contributed by atoms with Gasteiger partial charge in [0.1, 0.15) is 0 Å². The van der Waals surface area contributed by atoms with Gasteiger partial charge in [-0.2, -0.15) is 18.3 Å².